The molecule has 0 saturated heterocycles. The van der Waals surface area contributed by atoms with Crippen molar-refractivity contribution in [1.29, 1.82) is 0 Å². The Morgan fingerprint density at radius 3 is 2.83 bits per heavy atom. The molecule has 0 fully saturated rings. The van der Waals surface area contributed by atoms with E-state index in [9.17, 15) is 14.0 Å². The second-order valence-electron chi connectivity index (χ2n) is 6.76. The molecule has 0 radical (unpaired) electrons. The highest BCUT2D eigenvalue weighted by molar-refractivity contribution is 5.81. The molecule has 2 aromatic carbocycles. The Morgan fingerprint density at radius 2 is 2.03 bits per heavy atom. The predicted octanol–water partition coefficient (Wildman–Crippen LogP) is 3.01. The van der Waals surface area contributed by atoms with Crippen molar-refractivity contribution in [1.82, 2.24) is 10.2 Å². The summed E-state index contributed by atoms with van der Waals surface area (Å²) in [6, 6.07) is 11.8. The summed E-state index contributed by atoms with van der Waals surface area (Å²) in [7, 11) is 0. The third-order valence-electron chi connectivity index (χ3n) is 4.57. The number of halogens is 1. The average molecular weight is 416 g/mol. The molecule has 0 saturated carbocycles. The van der Waals surface area contributed by atoms with Crippen LogP contribution in [-0.2, 0) is 34.0 Å². The summed E-state index contributed by atoms with van der Waals surface area (Å²) in [4.78, 5) is 25.4. The molecule has 0 aliphatic carbocycles. The van der Waals surface area contributed by atoms with Crippen LogP contribution in [-0.4, -0.2) is 43.2 Å². The molecule has 1 aliphatic heterocycles. The molecular formula is C22H25FN2O5. The number of hydrogen-bond acceptors (Lipinski definition) is 5. The first-order chi connectivity index (χ1) is 14.6. The molecule has 1 N–H and O–H groups in total. The van der Waals surface area contributed by atoms with Crippen molar-refractivity contribution in [3.8, 4) is 5.75 Å². The van der Waals surface area contributed by atoms with Gasteiger partial charge in [-0.1, -0.05) is 24.3 Å². The molecule has 0 unspecified atom stereocenters. The van der Waals surface area contributed by atoms with Gasteiger partial charge in [-0.15, -0.1) is 0 Å². The lowest BCUT2D eigenvalue weighted by atomic mass is 10.1. The molecule has 0 aromatic heterocycles. The van der Waals surface area contributed by atoms with Gasteiger partial charge in [0.25, 0.3) is 0 Å². The Morgan fingerprint density at radius 1 is 1.20 bits per heavy atom. The summed E-state index contributed by atoms with van der Waals surface area (Å²) in [5.41, 5.74) is 2.23. The van der Waals surface area contributed by atoms with Gasteiger partial charge in [-0.05, 0) is 30.7 Å². The SMILES string of the molecule is CCOC(=O)CNC(=O)N1CCOc2ccc(COCc3ccccc3F)cc2C1. The summed E-state index contributed by atoms with van der Waals surface area (Å²) in [5, 5.41) is 2.56. The fraction of sp³-hybridized carbons (Fsp3) is 0.364. The lowest BCUT2D eigenvalue weighted by molar-refractivity contribution is -0.141. The summed E-state index contributed by atoms with van der Waals surface area (Å²) in [5.74, 6) is -0.0718. The highest BCUT2D eigenvalue weighted by Gasteiger charge is 2.20. The minimum Gasteiger partial charge on any atom is -0.491 e. The van der Waals surface area contributed by atoms with E-state index in [1.54, 1.807) is 30.0 Å². The number of esters is 1. The van der Waals surface area contributed by atoms with Crippen LogP contribution >= 0.6 is 0 Å². The van der Waals surface area contributed by atoms with Crippen LogP contribution in [0, 0.1) is 5.82 Å². The number of benzene rings is 2. The summed E-state index contributed by atoms with van der Waals surface area (Å²) < 4.78 is 29.9. The van der Waals surface area contributed by atoms with E-state index in [-0.39, 0.29) is 31.6 Å². The number of hydrogen-bond donors (Lipinski definition) is 1. The van der Waals surface area contributed by atoms with E-state index in [0.29, 0.717) is 37.6 Å². The zero-order valence-corrected chi connectivity index (χ0v) is 16.9. The Kier molecular flexibility index (Phi) is 7.62. The largest absolute Gasteiger partial charge is 0.491 e. The van der Waals surface area contributed by atoms with Gasteiger partial charge in [0.1, 0.15) is 24.7 Å². The number of amides is 2. The number of rotatable bonds is 7. The van der Waals surface area contributed by atoms with Gasteiger partial charge in [0.05, 0.1) is 32.9 Å². The van der Waals surface area contributed by atoms with Crippen molar-refractivity contribution in [3.05, 3.63) is 65.0 Å². The van der Waals surface area contributed by atoms with E-state index in [2.05, 4.69) is 5.32 Å². The van der Waals surface area contributed by atoms with E-state index in [4.69, 9.17) is 14.2 Å². The van der Waals surface area contributed by atoms with Gasteiger partial charge in [-0.25, -0.2) is 9.18 Å². The van der Waals surface area contributed by atoms with Crippen LogP contribution < -0.4 is 10.1 Å². The van der Waals surface area contributed by atoms with Crippen LogP contribution in [0.2, 0.25) is 0 Å². The number of urea groups is 1. The van der Waals surface area contributed by atoms with Crippen molar-refractivity contribution in [2.45, 2.75) is 26.7 Å². The van der Waals surface area contributed by atoms with Gasteiger partial charge >= 0.3 is 12.0 Å². The Labute approximate surface area is 174 Å². The van der Waals surface area contributed by atoms with Gasteiger partial charge in [0, 0.05) is 11.1 Å². The fourth-order valence-corrected chi connectivity index (χ4v) is 3.08. The first-order valence-electron chi connectivity index (χ1n) is 9.81. The van der Waals surface area contributed by atoms with E-state index >= 15 is 0 Å². The Hall–Kier alpha value is -3.13. The van der Waals surface area contributed by atoms with E-state index in [0.717, 1.165) is 11.1 Å². The highest BCUT2D eigenvalue weighted by Crippen LogP contribution is 2.25. The number of ether oxygens (including phenoxy) is 3. The second-order valence-corrected chi connectivity index (χ2v) is 6.76. The Bertz CT molecular complexity index is 890. The summed E-state index contributed by atoms with van der Waals surface area (Å²) in [6.45, 7) is 3.35. The molecule has 2 amide bonds. The first kappa shape index (κ1) is 21.6. The maximum Gasteiger partial charge on any atom is 0.325 e. The quantitative estimate of drug-likeness (QED) is 0.702. The van der Waals surface area contributed by atoms with Crippen molar-refractivity contribution < 1.29 is 28.2 Å². The van der Waals surface area contributed by atoms with Crippen LogP contribution in [0.1, 0.15) is 23.6 Å². The molecule has 8 heteroatoms. The molecule has 0 spiro atoms. The van der Waals surface area contributed by atoms with Crippen LogP contribution in [0.4, 0.5) is 9.18 Å². The van der Waals surface area contributed by atoms with Crippen molar-refractivity contribution in [2.24, 2.45) is 0 Å². The molecule has 1 heterocycles. The van der Waals surface area contributed by atoms with Crippen molar-refractivity contribution >= 4 is 12.0 Å². The molecule has 2 aromatic rings. The number of carbonyl (C=O) groups is 2. The number of fused-ring (bicyclic) bond motifs is 1. The fourth-order valence-electron chi connectivity index (χ4n) is 3.08. The first-order valence-corrected chi connectivity index (χ1v) is 9.81. The van der Waals surface area contributed by atoms with Crippen LogP contribution in [0.3, 0.4) is 0 Å². The molecule has 160 valence electrons. The van der Waals surface area contributed by atoms with Crippen LogP contribution in [0.5, 0.6) is 5.75 Å². The third-order valence-corrected chi connectivity index (χ3v) is 4.57. The Balaban J connectivity index is 1.58. The molecule has 7 nitrogen and oxygen atoms in total. The van der Waals surface area contributed by atoms with Gasteiger partial charge in [-0.3, -0.25) is 4.79 Å². The zero-order valence-electron chi connectivity index (χ0n) is 16.9. The monoisotopic (exact) mass is 416 g/mol. The van der Waals surface area contributed by atoms with E-state index in [1.807, 2.05) is 18.2 Å². The van der Waals surface area contributed by atoms with Crippen molar-refractivity contribution in [3.63, 3.8) is 0 Å². The minimum atomic E-state index is -0.480. The van der Waals surface area contributed by atoms with E-state index < -0.39 is 5.97 Å². The molecule has 30 heavy (non-hydrogen) atoms. The lowest BCUT2D eigenvalue weighted by Gasteiger charge is -2.20. The topological polar surface area (TPSA) is 77.1 Å². The van der Waals surface area contributed by atoms with Gasteiger partial charge in [0.15, 0.2) is 0 Å². The van der Waals surface area contributed by atoms with Crippen molar-refractivity contribution in [2.75, 3.05) is 26.3 Å². The van der Waals surface area contributed by atoms with Crippen LogP contribution in [0.25, 0.3) is 0 Å². The molecule has 1 aliphatic rings. The van der Waals surface area contributed by atoms with Gasteiger partial charge in [0.2, 0.25) is 0 Å². The van der Waals surface area contributed by atoms with Gasteiger partial charge in [-0.2, -0.15) is 0 Å². The third kappa shape index (κ3) is 5.93. The molecule has 0 atom stereocenters. The maximum absolute atomic E-state index is 13.7. The predicted molar refractivity (Wildman–Crippen MR) is 107 cm³/mol. The normalized spacial score (nSPS) is 13.1. The van der Waals surface area contributed by atoms with E-state index in [1.165, 1.54) is 6.07 Å². The summed E-state index contributed by atoms with van der Waals surface area (Å²) >= 11 is 0. The number of nitrogens with one attached hydrogen (secondary N) is 1. The molecule has 3 rings (SSSR count). The summed E-state index contributed by atoms with van der Waals surface area (Å²) in [6.07, 6.45) is 0. The standard InChI is InChI=1S/C22H25FN2O5/c1-2-29-21(26)12-24-22(27)25-9-10-30-20-8-7-16(11-18(20)13-25)14-28-15-17-5-3-4-6-19(17)23/h3-8,11H,2,9-10,12-15H2,1H3,(H,24,27). The molecule has 0 bridgehead atoms. The number of nitrogens with zero attached hydrogens (tertiary/aromatic N) is 1. The highest BCUT2D eigenvalue weighted by atomic mass is 19.1. The zero-order chi connectivity index (χ0) is 21.3. The smallest absolute Gasteiger partial charge is 0.325 e. The minimum absolute atomic E-state index is 0.169. The van der Waals surface area contributed by atoms with Crippen LogP contribution in [0.15, 0.2) is 42.5 Å². The average Bonchev–Trinajstić information content (AvgIpc) is 2.96. The lowest BCUT2D eigenvalue weighted by Crippen LogP contribution is -2.42. The maximum atomic E-state index is 13.7. The number of carbonyl (C=O) groups excluding carboxylic acids is 2. The second kappa shape index (κ2) is 10.6. The molecular weight excluding hydrogens is 391 g/mol. The van der Waals surface area contributed by atoms with Gasteiger partial charge < -0.3 is 24.4 Å².